The largest absolute Gasteiger partial charge is 0.492 e. The molecule has 0 aliphatic carbocycles. The van der Waals surface area contributed by atoms with Crippen molar-refractivity contribution >= 4 is 17.7 Å². The highest BCUT2D eigenvalue weighted by Gasteiger charge is 2.20. The summed E-state index contributed by atoms with van der Waals surface area (Å²) in [6, 6.07) is 15.3. The molecule has 10 nitrogen and oxygen atoms in total. The van der Waals surface area contributed by atoms with Gasteiger partial charge in [-0.3, -0.25) is 9.36 Å². The summed E-state index contributed by atoms with van der Waals surface area (Å²) in [5.41, 5.74) is 9.94. The zero-order valence-corrected chi connectivity index (χ0v) is 26.3. The van der Waals surface area contributed by atoms with Crippen LogP contribution in [0.2, 0.25) is 5.02 Å². The molecule has 4 heterocycles. The maximum Gasteiger partial charge on any atom is 0.260 e. The van der Waals surface area contributed by atoms with Crippen LogP contribution in [0.4, 0.5) is 0 Å². The Morgan fingerprint density at radius 1 is 1.13 bits per heavy atom. The van der Waals surface area contributed by atoms with Gasteiger partial charge in [-0.25, -0.2) is 4.99 Å². The van der Waals surface area contributed by atoms with Crippen LogP contribution in [0.25, 0.3) is 28.6 Å². The molecular weight excluding hydrogens is 592 g/mol. The number of nitrogens with one attached hydrogen (secondary N) is 1. The molecule has 0 bridgehead atoms. The van der Waals surface area contributed by atoms with E-state index in [4.69, 9.17) is 36.3 Å². The second kappa shape index (κ2) is 13.8. The molecule has 11 heteroatoms. The summed E-state index contributed by atoms with van der Waals surface area (Å²) in [6.45, 7) is 6.41. The van der Waals surface area contributed by atoms with E-state index in [0.29, 0.717) is 64.2 Å². The van der Waals surface area contributed by atoms with Gasteiger partial charge < -0.3 is 25.0 Å². The maximum atomic E-state index is 14.5. The van der Waals surface area contributed by atoms with E-state index in [2.05, 4.69) is 28.5 Å². The lowest BCUT2D eigenvalue weighted by molar-refractivity contribution is 0.0802. The number of nitrogens with two attached hydrogens (primary N) is 1. The fourth-order valence-corrected chi connectivity index (χ4v) is 5.95. The Kier molecular flexibility index (Phi) is 9.44. The van der Waals surface area contributed by atoms with E-state index in [-0.39, 0.29) is 18.1 Å². The van der Waals surface area contributed by atoms with E-state index in [9.17, 15) is 4.79 Å². The summed E-state index contributed by atoms with van der Waals surface area (Å²) >= 11 is 6.84. The molecular formula is C34H37ClN6O4. The van der Waals surface area contributed by atoms with Crippen LogP contribution in [0.15, 0.2) is 74.2 Å². The predicted molar refractivity (Wildman–Crippen MR) is 173 cm³/mol. The number of hydrogen-bond donors (Lipinski definition) is 2. The lowest BCUT2D eigenvalue weighted by atomic mass is 10.0. The normalized spacial score (nSPS) is 15.2. The van der Waals surface area contributed by atoms with Gasteiger partial charge in [-0.2, -0.15) is 4.98 Å². The number of halogens is 1. The molecule has 6 rings (SSSR count). The van der Waals surface area contributed by atoms with Crippen molar-refractivity contribution in [2.75, 3.05) is 26.4 Å². The number of fused-ring (bicyclic) bond motifs is 1. The minimum absolute atomic E-state index is 0.199. The van der Waals surface area contributed by atoms with E-state index in [1.165, 1.54) is 5.57 Å². The Morgan fingerprint density at radius 3 is 2.71 bits per heavy atom. The van der Waals surface area contributed by atoms with Crippen molar-refractivity contribution < 1.29 is 14.0 Å². The third kappa shape index (κ3) is 6.88. The van der Waals surface area contributed by atoms with Crippen LogP contribution in [0.5, 0.6) is 5.75 Å². The molecule has 0 spiro atoms. The molecule has 1 fully saturated rings. The summed E-state index contributed by atoms with van der Waals surface area (Å²) in [5.74, 6) is 2.42. The van der Waals surface area contributed by atoms with E-state index in [1.807, 2.05) is 42.5 Å². The lowest BCUT2D eigenvalue weighted by Gasteiger charge is -2.25. The van der Waals surface area contributed by atoms with Crippen LogP contribution < -0.4 is 32.1 Å². The molecule has 1 saturated heterocycles. The smallest absolute Gasteiger partial charge is 0.260 e. The third-order valence-corrected chi connectivity index (χ3v) is 8.38. The third-order valence-electron chi connectivity index (χ3n) is 8.07. The van der Waals surface area contributed by atoms with Crippen molar-refractivity contribution in [3.8, 4) is 28.3 Å². The van der Waals surface area contributed by atoms with E-state index < -0.39 is 0 Å². The summed E-state index contributed by atoms with van der Waals surface area (Å²) in [6.07, 6.45) is 5.51. The van der Waals surface area contributed by atoms with Crippen molar-refractivity contribution in [3.05, 3.63) is 97.5 Å². The first-order valence-electron chi connectivity index (χ1n) is 15.3. The van der Waals surface area contributed by atoms with Crippen LogP contribution in [-0.2, 0) is 11.3 Å². The number of nitrogens with zero attached hydrogens (tertiary/aromatic N) is 4. The average Bonchev–Trinajstić information content (AvgIpc) is 3.41. The molecule has 0 radical (unpaired) electrons. The first-order chi connectivity index (χ1) is 21.9. The Labute approximate surface area is 266 Å². The van der Waals surface area contributed by atoms with Gasteiger partial charge in [0.1, 0.15) is 23.7 Å². The van der Waals surface area contributed by atoms with Gasteiger partial charge in [-0.1, -0.05) is 54.0 Å². The van der Waals surface area contributed by atoms with Crippen molar-refractivity contribution in [2.24, 2.45) is 10.7 Å². The van der Waals surface area contributed by atoms with Crippen molar-refractivity contribution in [1.29, 1.82) is 0 Å². The van der Waals surface area contributed by atoms with Gasteiger partial charge >= 0.3 is 0 Å². The number of pyridine rings is 1. The highest BCUT2D eigenvalue weighted by molar-refractivity contribution is 6.33. The molecule has 2 aliphatic heterocycles. The highest BCUT2D eigenvalue weighted by atomic mass is 35.5. The second-order valence-electron chi connectivity index (χ2n) is 11.2. The van der Waals surface area contributed by atoms with Gasteiger partial charge in [0.15, 0.2) is 0 Å². The number of hydrogen-bond acceptors (Lipinski definition) is 9. The quantitative estimate of drug-likeness (QED) is 0.268. The number of aromatic nitrogens is 3. The van der Waals surface area contributed by atoms with Crippen LogP contribution >= 0.6 is 11.6 Å². The number of allylic oxidation sites excluding steroid dienone is 1. The molecule has 3 N–H and O–H groups in total. The Hall–Kier alpha value is -4.25. The fraction of sp³-hybridized carbons (Fsp3) is 0.353. The van der Waals surface area contributed by atoms with Gasteiger partial charge in [0.05, 0.1) is 6.54 Å². The predicted octanol–water partition coefficient (Wildman–Crippen LogP) is 4.11. The highest BCUT2D eigenvalue weighted by Crippen LogP contribution is 2.30. The van der Waals surface area contributed by atoms with Crippen molar-refractivity contribution in [2.45, 2.75) is 52.1 Å². The van der Waals surface area contributed by atoms with Gasteiger partial charge in [0, 0.05) is 59.7 Å². The molecule has 0 saturated carbocycles. The summed E-state index contributed by atoms with van der Waals surface area (Å²) < 4.78 is 18.2. The van der Waals surface area contributed by atoms with Gasteiger partial charge in [0.25, 0.3) is 5.56 Å². The number of benzene rings is 2. The fourth-order valence-electron chi connectivity index (χ4n) is 5.67. The first-order valence-corrected chi connectivity index (χ1v) is 15.7. The minimum Gasteiger partial charge on any atom is -0.492 e. The average molecular weight is 629 g/mol. The Balaban J connectivity index is 1.49. The topological polar surface area (TPSA) is 130 Å². The van der Waals surface area contributed by atoms with Crippen molar-refractivity contribution in [1.82, 2.24) is 20.0 Å². The monoisotopic (exact) mass is 628 g/mol. The van der Waals surface area contributed by atoms with E-state index >= 15 is 0 Å². The van der Waals surface area contributed by atoms with Gasteiger partial charge in [0.2, 0.25) is 11.7 Å². The number of rotatable bonds is 10. The standard InChI is InChI=1S/C34H37ClN6O4/c1-3-23-7-8-25-18-29(28-10-9-24(19-30(28)35)32-37-21(2)45-40-32)34(42)41(20-22-5-4-6-27(17-22)44-16-13-36)33(25)39-31(23)38-26-11-14-43-15-12-26/h4-6,8-10,17-19,26,38H,3,7,11-16,20,36H2,1-2H3. The Morgan fingerprint density at radius 2 is 1.98 bits per heavy atom. The lowest BCUT2D eigenvalue weighted by Crippen LogP contribution is -2.45. The minimum atomic E-state index is -0.199. The van der Waals surface area contributed by atoms with E-state index in [1.54, 1.807) is 17.6 Å². The summed E-state index contributed by atoms with van der Waals surface area (Å²) in [4.78, 5) is 23.9. The van der Waals surface area contributed by atoms with E-state index in [0.717, 1.165) is 49.1 Å². The molecule has 2 aliphatic rings. The molecule has 2 aromatic heterocycles. The molecule has 0 amide bonds. The first kappa shape index (κ1) is 30.8. The van der Waals surface area contributed by atoms with Crippen LogP contribution in [0.3, 0.4) is 0 Å². The number of ether oxygens (including phenoxy) is 2. The molecule has 45 heavy (non-hydrogen) atoms. The molecule has 4 aromatic rings. The molecule has 234 valence electrons. The molecule has 0 atom stereocenters. The number of aryl methyl sites for hydroxylation is 1. The maximum absolute atomic E-state index is 14.5. The van der Waals surface area contributed by atoms with Crippen LogP contribution in [0.1, 0.15) is 44.1 Å². The zero-order chi connectivity index (χ0) is 31.3. The molecule has 0 unspecified atom stereocenters. The van der Waals surface area contributed by atoms with Crippen LogP contribution in [-0.4, -0.2) is 47.1 Å². The Bertz CT molecular complexity index is 1910. The molecule has 2 aromatic carbocycles. The zero-order valence-electron chi connectivity index (χ0n) is 25.5. The second-order valence-corrected chi connectivity index (χ2v) is 11.6. The van der Waals surface area contributed by atoms with Gasteiger partial charge in [-0.15, -0.1) is 0 Å². The summed E-state index contributed by atoms with van der Waals surface area (Å²) in [7, 11) is 0. The SMILES string of the molecule is CCC1=C(NC2CCOCC2)N=c2c(cc(-c3ccc(-c4noc(C)n4)cc3Cl)c(=O)n2Cc2cccc(OCCN)c2)=CC1. The summed E-state index contributed by atoms with van der Waals surface area (Å²) in [5, 5.41) is 8.97. The van der Waals surface area contributed by atoms with Gasteiger partial charge in [-0.05, 0) is 61.1 Å². The van der Waals surface area contributed by atoms with Crippen molar-refractivity contribution in [3.63, 3.8) is 0 Å². The van der Waals surface area contributed by atoms with Crippen LogP contribution in [0, 0.1) is 6.92 Å².